The van der Waals surface area contributed by atoms with E-state index in [4.69, 9.17) is 9.84 Å². The molecule has 0 aliphatic carbocycles. The van der Waals surface area contributed by atoms with E-state index in [0.29, 0.717) is 6.61 Å². The molecule has 0 aromatic heterocycles. The third kappa shape index (κ3) is 5.05. The van der Waals surface area contributed by atoms with Gasteiger partial charge in [0, 0.05) is 0 Å². The molecule has 0 spiro atoms. The van der Waals surface area contributed by atoms with Gasteiger partial charge >= 0.3 is 0 Å². The van der Waals surface area contributed by atoms with E-state index in [-0.39, 0.29) is 6.61 Å². The van der Waals surface area contributed by atoms with Crippen LogP contribution in [0.5, 0.6) is 5.75 Å². The number of hydrogen-bond donors (Lipinski definition) is 3. The first-order chi connectivity index (χ1) is 12.9. The van der Waals surface area contributed by atoms with Gasteiger partial charge in [0.05, 0.1) is 18.7 Å². The van der Waals surface area contributed by atoms with Crippen LogP contribution in [0.15, 0.2) is 66.7 Å². The molecule has 0 saturated heterocycles. The number of quaternary nitrogens is 2. The average Bonchev–Trinajstić information content (AvgIpc) is 2.70. The van der Waals surface area contributed by atoms with Crippen LogP contribution in [-0.2, 0) is 13.2 Å². The average molecular weight is 352 g/mol. The van der Waals surface area contributed by atoms with E-state index in [1.165, 1.54) is 21.9 Å². The second kappa shape index (κ2) is 9.92. The van der Waals surface area contributed by atoms with E-state index in [2.05, 4.69) is 59.2 Å². The topological polar surface area (TPSA) is 62.7 Å². The van der Waals surface area contributed by atoms with Gasteiger partial charge in [-0.25, -0.2) is 0 Å². The maximum Gasteiger partial charge on any atom is 0.129 e. The smallest absolute Gasteiger partial charge is 0.129 e. The maximum atomic E-state index is 8.85. The molecule has 0 fully saturated rings. The van der Waals surface area contributed by atoms with Crippen LogP contribution in [0.4, 0.5) is 0 Å². The van der Waals surface area contributed by atoms with Crippen LogP contribution in [0.1, 0.15) is 11.1 Å². The Hall–Kier alpha value is -2.40. The molecule has 0 aliphatic heterocycles. The third-order valence-electron chi connectivity index (χ3n) is 4.49. The fourth-order valence-corrected chi connectivity index (χ4v) is 3.11. The van der Waals surface area contributed by atoms with Crippen LogP contribution in [0.3, 0.4) is 0 Å². The van der Waals surface area contributed by atoms with Crippen molar-refractivity contribution in [3.05, 3.63) is 77.9 Å². The highest BCUT2D eigenvalue weighted by atomic mass is 16.5. The summed E-state index contributed by atoms with van der Waals surface area (Å²) in [5.74, 6) is 0.961. The van der Waals surface area contributed by atoms with Gasteiger partial charge in [-0.1, -0.05) is 60.7 Å². The van der Waals surface area contributed by atoms with Crippen molar-refractivity contribution >= 4 is 10.8 Å². The van der Waals surface area contributed by atoms with Crippen LogP contribution in [0.2, 0.25) is 0 Å². The predicted molar refractivity (Wildman–Crippen MR) is 104 cm³/mol. The fourth-order valence-electron chi connectivity index (χ4n) is 3.11. The Morgan fingerprint density at radius 2 is 1.54 bits per heavy atom. The zero-order valence-corrected chi connectivity index (χ0v) is 15.1. The first-order valence-electron chi connectivity index (χ1n) is 9.30. The van der Waals surface area contributed by atoms with Crippen molar-refractivity contribution in [2.45, 2.75) is 13.2 Å². The van der Waals surface area contributed by atoms with Gasteiger partial charge in [-0.2, -0.15) is 0 Å². The van der Waals surface area contributed by atoms with E-state index in [1.807, 2.05) is 18.2 Å². The van der Waals surface area contributed by atoms with Crippen molar-refractivity contribution < 1.29 is 20.5 Å². The lowest BCUT2D eigenvalue weighted by Gasteiger charge is -2.14. The molecule has 0 bridgehead atoms. The summed E-state index contributed by atoms with van der Waals surface area (Å²) in [6, 6.07) is 23.0. The van der Waals surface area contributed by atoms with Crippen LogP contribution in [0, 0.1) is 0 Å². The molecule has 4 nitrogen and oxygen atoms in total. The highest BCUT2D eigenvalue weighted by molar-refractivity contribution is 5.87. The summed E-state index contributed by atoms with van der Waals surface area (Å²) >= 11 is 0. The second-order valence-corrected chi connectivity index (χ2v) is 6.41. The third-order valence-corrected chi connectivity index (χ3v) is 4.49. The summed E-state index contributed by atoms with van der Waals surface area (Å²) in [5, 5.41) is 15.8. The largest absolute Gasteiger partial charge is 0.488 e. The van der Waals surface area contributed by atoms with E-state index < -0.39 is 0 Å². The summed E-state index contributed by atoms with van der Waals surface area (Å²) in [6.07, 6.45) is 0. The summed E-state index contributed by atoms with van der Waals surface area (Å²) < 4.78 is 6.17. The summed E-state index contributed by atoms with van der Waals surface area (Å²) in [5.41, 5.74) is 2.43. The van der Waals surface area contributed by atoms with Crippen molar-refractivity contribution in [3.8, 4) is 5.75 Å². The van der Waals surface area contributed by atoms with Crippen molar-refractivity contribution in [3.63, 3.8) is 0 Å². The number of fused-ring (bicyclic) bond motifs is 1. The van der Waals surface area contributed by atoms with Gasteiger partial charge in [-0.05, 0) is 22.4 Å². The quantitative estimate of drug-likeness (QED) is 0.478. The summed E-state index contributed by atoms with van der Waals surface area (Å²) in [6.45, 7) is 4.50. The summed E-state index contributed by atoms with van der Waals surface area (Å²) in [4.78, 5) is 0. The minimum absolute atomic E-state index is 0.237. The van der Waals surface area contributed by atoms with Gasteiger partial charge in [-0.15, -0.1) is 0 Å². The van der Waals surface area contributed by atoms with E-state index in [0.717, 1.165) is 31.9 Å². The van der Waals surface area contributed by atoms with Crippen LogP contribution in [-0.4, -0.2) is 31.3 Å². The van der Waals surface area contributed by atoms with Crippen molar-refractivity contribution in [1.29, 1.82) is 0 Å². The van der Waals surface area contributed by atoms with Gasteiger partial charge in [-0.3, -0.25) is 0 Å². The van der Waals surface area contributed by atoms with E-state index in [9.17, 15) is 0 Å². The molecule has 0 aliphatic rings. The molecule has 0 saturated carbocycles. The van der Waals surface area contributed by atoms with Gasteiger partial charge in [0.2, 0.25) is 0 Å². The standard InChI is InChI=1S/C22H26N2O2/c25-15-14-23-12-13-24-16-21-20-9-5-4-8-19(20)10-11-22(21)26-17-18-6-2-1-3-7-18/h1-11,23-25H,12-17H2/p+2. The minimum atomic E-state index is 0.237. The van der Waals surface area contributed by atoms with Gasteiger partial charge in [0.15, 0.2) is 0 Å². The minimum Gasteiger partial charge on any atom is -0.488 e. The molecule has 3 aromatic carbocycles. The zero-order chi connectivity index (χ0) is 18.0. The lowest BCUT2D eigenvalue weighted by molar-refractivity contribution is -0.731. The fraction of sp³-hybridized carbons (Fsp3) is 0.273. The monoisotopic (exact) mass is 352 g/mol. The first-order valence-corrected chi connectivity index (χ1v) is 9.30. The molecular formula is C22H28N2O2+2. The Morgan fingerprint density at radius 1 is 0.769 bits per heavy atom. The Bertz CT molecular complexity index is 806. The highest BCUT2D eigenvalue weighted by Crippen LogP contribution is 2.28. The normalized spacial score (nSPS) is 11.0. The molecule has 0 heterocycles. The molecule has 5 N–H and O–H groups in total. The van der Waals surface area contributed by atoms with Crippen LogP contribution in [0.25, 0.3) is 10.8 Å². The number of ether oxygens (including phenoxy) is 1. The van der Waals surface area contributed by atoms with Crippen LogP contribution >= 0.6 is 0 Å². The Kier molecular flexibility index (Phi) is 7.02. The molecule has 0 amide bonds. The number of hydrogen-bond acceptors (Lipinski definition) is 2. The SMILES string of the molecule is OCC[NH2+]CC[NH2+]Cc1c(OCc2ccccc2)ccc2ccccc12. The van der Waals surface area contributed by atoms with Gasteiger partial charge < -0.3 is 20.5 Å². The Labute approximate surface area is 154 Å². The zero-order valence-electron chi connectivity index (χ0n) is 15.1. The van der Waals surface area contributed by atoms with Crippen LogP contribution < -0.4 is 15.4 Å². The van der Waals surface area contributed by atoms with Gasteiger partial charge in [0.1, 0.15) is 32.0 Å². The van der Waals surface area contributed by atoms with Crippen molar-refractivity contribution in [2.75, 3.05) is 26.2 Å². The lowest BCUT2D eigenvalue weighted by Crippen LogP contribution is -2.94. The van der Waals surface area contributed by atoms with Crippen molar-refractivity contribution in [2.24, 2.45) is 0 Å². The molecule has 26 heavy (non-hydrogen) atoms. The summed E-state index contributed by atoms with van der Waals surface area (Å²) in [7, 11) is 0. The molecule has 136 valence electrons. The van der Waals surface area contributed by atoms with Crippen molar-refractivity contribution in [1.82, 2.24) is 0 Å². The number of rotatable bonds is 10. The maximum absolute atomic E-state index is 8.85. The number of benzene rings is 3. The molecule has 0 unspecified atom stereocenters. The van der Waals surface area contributed by atoms with E-state index >= 15 is 0 Å². The molecule has 3 aromatic rings. The number of aliphatic hydroxyl groups is 1. The number of aliphatic hydroxyl groups excluding tert-OH is 1. The number of nitrogens with two attached hydrogens (primary N) is 2. The molecule has 3 rings (SSSR count). The molecular weight excluding hydrogens is 324 g/mol. The first kappa shape index (κ1) is 18.4. The highest BCUT2D eigenvalue weighted by Gasteiger charge is 2.11. The Balaban J connectivity index is 1.71. The van der Waals surface area contributed by atoms with E-state index in [1.54, 1.807) is 0 Å². The molecule has 0 atom stereocenters. The Morgan fingerprint density at radius 3 is 2.38 bits per heavy atom. The second-order valence-electron chi connectivity index (χ2n) is 6.41. The van der Waals surface area contributed by atoms with Gasteiger partial charge in [0.25, 0.3) is 0 Å². The predicted octanol–water partition coefficient (Wildman–Crippen LogP) is 1.04. The lowest BCUT2D eigenvalue weighted by atomic mass is 10.0. The molecule has 0 radical (unpaired) electrons. The molecule has 4 heteroatoms.